The molecule has 1 aromatic carbocycles. The van der Waals surface area contributed by atoms with Gasteiger partial charge in [0.2, 0.25) is 5.91 Å². The third-order valence-corrected chi connectivity index (χ3v) is 4.07. The summed E-state index contributed by atoms with van der Waals surface area (Å²) in [5.74, 6) is -0.509. The number of likely N-dealkylation sites (N-methyl/N-ethyl adjacent to an activating group) is 1. The summed E-state index contributed by atoms with van der Waals surface area (Å²) >= 11 is 7.57. The summed E-state index contributed by atoms with van der Waals surface area (Å²) in [7, 11) is 1.44. The Hall–Kier alpha value is -1.08. The van der Waals surface area contributed by atoms with Crippen LogP contribution >= 0.6 is 23.4 Å². The first-order chi connectivity index (χ1) is 8.90. The summed E-state index contributed by atoms with van der Waals surface area (Å²) in [4.78, 5) is 12.7. The van der Waals surface area contributed by atoms with Crippen LogP contribution in [0, 0.1) is 5.41 Å². The summed E-state index contributed by atoms with van der Waals surface area (Å²) in [5.41, 5.74) is 0.764. The van der Waals surface area contributed by atoms with Crippen molar-refractivity contribution >= 4 is 35.0 Å². The molecular weight excluding hydrogens is 286 g/mol. The van der Waals surface area contributed by atoms with Gasteiger partial charge in [-0.1, -0.05) is 17.7 Å². The number of amides is 1. The highest BCUT2D eigenvalue weighted by molar-refractivity contribution is 7.98. The Morgan fingerprint density at radius 1 is 1.53 bits per heavy atom. The predicted molar refractivity (Wildman–Crippen MR) is 77.5 cm³/mol. The molecule has 104 valence electrons. The van der Waals surface area contributed by atoms with E-state index in [1.807, 2.05) is 11.7 Å². The molecule has 0 aliphatic heterocycles. The zero-order valence-corrected chi connectivity index (χ0v) is 12.4. The molecule has 0 aromatic heterocycles. The standard InChI is InChI=1S/C12H16ClN3O2S/c1-12(16-18,11(17)15-2)10(14)7-4-5-9(19-3)8(13)6-7/h4-6,14,16,18H,1-3H3,(H,15,17). The minimum atomic E-state index is -1.53. The van der Waals surface area contributed by atoms with Gasteiger partial charge in [-0.3, -0.25) is 4.79 Å². The molecule has 1 unspecified atom stereocenters. The lowest BCUT2D eigenvalue weighted by molar-refractivity contribution is -0.127. The molecule has 0 fully saturated rings. The number of benzene rings is 1. The van der Waals surface area contributed by atoms with Gasteiger partial charge in [0.15, 0.2) is 5.54 Å². The maximum atomic E-state index is 11.8. The molecule has 0 spiro atoms. The van der Waals surface area contributed by atoms with Gasteiger partial charge < -0.3 is 15.9 Å². The summed E-state index contributed by atoms with van der Waals surface area (Å²) in [6.07, 6.45) is 1.90. The van der Waals surface area contributed by atoms with Crippen molar-refractivity contribution in [2.75, 3.05) is 13.3 Å². The smallest absolute Gasteiger partial charge is 0.248 e. The van der Waals surface area contributed by atoms with Gasteiger partial charge in [0, 0.05) is 11.9 Å². The minimum Gasteiger partial charge on any atom is -0.357 e. The molecule has 1 rings (SSSR count). The van der Waals surface area contributed by atoms with Crippen LogP contribution in [0.4, 0.5) is 0 Å². The highest BCUT2D eigenvalue weighted by Crippen LogP contribution is 2.27. The number of carbonyl (C=O) groups is 1. The molecule has 4 N–H and O–H groups in total. The molecule has 19 heavy (non-hydrogen) atoms. The van der Waals surface area contributed by atoms with Crippen LogP contribution in [0.25, 0.3) is 0 Å². The number of hydroxylamine groups is 1. The van der Waals surface area contributed by atoms with E-state index in [9.17, 15) is 10.0 Å². The van der Waals surface area contributed by atoms with Crippen LogP contribution in [0.3, 0.4) is 0 Å². The van der Waals surface area contributed by atoms with E-state index >= 15 is 0 Å². The Bertz CT molecular complexity index is 510. The molecule has 0 bridgehead atoms. The summed E-state index contributed by atoms with van der Waals surface area (Å²) < 4.78 is 0. The fourth-order valence-electron chi connectivity index (χ4n) is 1.58. The van der Waals surface area contributed by atoms with Gasteiger partial charge in [0.25, 0.3) is 0 Å². The number of carbonyl (C=O) groups excluding carboxylic acids is 1. The quantitative estimate of drug-likeness (QED) is 0.380. The topological polar surface area (TPSA) is 85.2 Å². The van der Waals surface area contributed by atoms with Gasteiger partial charge in [-0.25, -0.2) is 0 Å². The molecule has 1 atom stereocenters. The number of rotatable bonds is 5. The first kappa shape index (κ1) is 16.0. The maximum absolute atomic E-state index is 11.8. The number of hydrogen-bond donors (Lipinski definition) is 4. The maximum Gasteiger partial charge on any atom is 0.248 e. The van der Waals surface area contributed by atoms with Crippen LogP contribution < -0.4 is 10.8 Å². The third kappa shape index (κ3) is 3.09. The minimum absolute atomic E-state index is 0.0658. The molecule has 0 radical (unpaired) electrons. The molecule has 0 saturated carbocycles. The molecule has 1 amide bonds. The van der Waals surface area contributed by atoms with Crippen molar-refractivity contribution in [1.29, 1.82) is 5.41 Å². The Kier molecular flexibility index (Phi) is 5.37. The van der Waals surface area contributed by atoms with Crippen molar-refractivity contribution in [2.45, 2.75) is 17.4 Å². The highest BCUT2D eigenvalue weighted by Gasteiger charge is 2.37. The summed E-state index contributed by atoms with van der Waals surface area (Å²) in [6, 6.07) is 5.07. The monoisotopic (exact) mass is 301 g/mol. The summed E-state index contributed by atoms with van der Waals surface area (Å²) in [6.45, 7) is 1.42. The van der Waals surface area contributed by atoms with Crippen LogP contribution in [0.15, 0.2) is 23.1 Å². The average molecular weight is 302 g/mol. The van der Waals surface area contributed by atoms with E-state index in [2.05, 4.69) is 5.32 Å². The van der Waals surface area contributed by atoms with E-state index < -0.39 is 11.4 Å². The fraction of sp³-hybridized carbons (Fsp3) is 0.333. The van der Waals surface area contributed by atoms with E-state index in [0.717, 1.165) is 4.90 Å². The lowest BCUT2D eigenvalue weighted by Crippen LogP contribution is -2.58. The average Bonchev–Trinajstić information content (AvgIpc) is 2.44. The van der Waals surface area contributed by atoms with Crippen LogP contribution in [-0.2, 0) is 4.79 Å². The molecule has 0 saturated heterocycles. The lowest BCUT2D eigenvalue weighted by atomic mass is 9.90. The van der Waals surface area contributed by atoms with Crippen LogP contribution in [0.2, 0.25) is 5.02 Å². The number of nitrogens with one attached hydrogen (secondary N) is 3. The molecule has 0 aliphatic carbocycles. The normalized spacial score (nSPS) is 13.7. The lowest BCUT2D eigenvalue weighted by Gasteiger charge is -2.27. The van der Waals surface area contributed by atoms with Crippen LogP contribution in [0.5, 0.6) is 0 Å². The van der Waals surface area contributed by atoms with Gasteiger partial charge in [0.05, 0.1) is 10.7 Å². The Morgan fingerprint density at radius 3 is 2.58 bits per heavy atom. The van der Waals surface area contributed by atoms with E-state index in [4.69, 9.17) is 17.0 Å². The number of thioether (sulfide) groups is 1. The van der Waals surface area contributed by atoms with Crippen molar-refractivity contribution in [2.24, 2.45) is 0 Å². The van der Waals surface area contributed by atoms with Gasteiger partial charge in [-0.15, -0.1) is 11.8 Å². The predicted octanol–water partition coefficient (Wildman–Crippen LogP) is 1.91. The second-order valence-electron chi connectivity index (χ2n) is 4.04. The van der Waals surface area contributed by atoms with Crippen molar-refractivity contribution < 1.29 is 10.0 Å². The van der Waals surface area contributed by atoms with Crippen LogP contribution in [-0.4, -0.2) is 35.7 Å². The van der Waals surface area contributed by atoms with Gasteiger partial charge in [-0.2, -0.15) is 5.48 Å². The molecule has 1 aromatic rings. The van der Waals surface area contributed by atoms with E-state index in [1.54, 1.807) is 18.2 Å². The fourth-order valence-corrected chi connectivity index (χ4v) is 2.45. The Balaban J connectivity index is 3.18. The first-order valence-electron chi connectivity index (χ1n) is 5.47. The molecule has 0 heterocycles. The van der Waals surface area contributed by atoms with E-state index in [0.29, 0.717) is 10.6 Å². The molecule has 0 aliphatic rings. The second kappa shape index (κ2) is 6.38. The molecule has 7 heteroatoms. The van der Waals surface area contributed by atoms with Crippen molar-refractivity contribution in [1.82, 2.24) is 10.8 Å². The third-order valence-electron chi connectivity index (χ3n) is 2.85. The number of halogens is 1. The van der Waals surface area contributed by atoms with Gasteiger partial charge in [-0.05, 0) is 30.9 Å². The SMILES string of the molecule is CNC(=O)C(C)(NO)C(=N)c1ccc(SC)c(Cl)c1. The molecule has 5 nitrogen and oxygen atoms in total. The van der Waals surface area contributed by atoms with Crippen LogP contribution in [0.1, 0.15) is 12.5 Å². The highest BCUT2D eigenvalue weighted by atomic mass is 35.5. The largest absolute Gasteiger partial charge is 0.357 e. The van der Waals surface area contributed by atoms with E-state index in [-0.39, 0.29) is 5.71 Å². The van der Waals surface area contributed by atoms with Crippen molar-refractivity contribution in [3.8, 4) is 0 Å². The summed E-state index contributed by atoms with van der Waals surface area (Å²) in [5, 5.41) is 20.2. The zero-order valence-electron chi connectivity index (χ0n) is 10.9. The van der Waals surface area contributed by atoms with Crippen molar-refractivity contribution in [3.63, 3.8) is 0 Å². The number of hydrogen-bond acceptors (Lipinski definition) is 5. The van der Waals surface area contributed by atoms with Gasteiger partial charge >= 0.3 is 0 Å². The van der Waals surface area contributed by atoms with E-state index in [1.165, 1.54) is 25.7 Å². The van der Waals surface area contributed by atoms with Gasteiger partial charge in [0.1, 0.15) is 0 Å². The first-order valence-corrected chi connectivity index (χ1v) is 7.07. The second-order valence-corrected chi connectivity index (χ2v) is 5.30. The Labute approximate surface area is 121 Å². The van der Waals surface area contributed by atoms with Crippen molar-refractivity contribution in [3.05, 3.63) is 28.8 Å². The molecular formula is C12H16ClN3O2S. The Morgan fingerprint density at radius 2 is 2.16 bits per heavy atom. The zero-order chi connectivity index (χ0) is 14.6.